The summed E-state index contributed by atoms with van der Waals surface area (Å²) in [5.41, 5.74) is 6.28. The SMILES string of the molecule is CCOc1ccc(NC2CCN(C(N)=O)CC2)cc1OC. The van der Waals surface area contributed by atoms with Crippen molar-refractivity contribution in [3.63, 3.8) is 0 Å². The Morgan fingerprint density at radius 2 is 2.10 bits per heavy atom. The van der Waals surface area contributed by atoms with E-state index in [0.29, 0.717) is 25.7 Å². The smallest absolute Gasteiger partial charge is 0.314 e. The zero-order chi connectivity index (χ0) is 15.2. The molecular formula is C15H23N3O3. The number of methoxy groups -OCH3 is 1. The number of nitrogens with two attached hydrogens (primary N) is 1. The van der Waals surface area contributed by atoms with Crippen LogP contribution in [0, 0.1) is 0 Å². The first-order valence-corrected chi connectivity index (χ1v) is 7.25. The van der Waals surface area contributed by atoms with Crippen LogP contribution in [0.15, 0.2) is 18.2 Å². The molecule has 6 heteroatoms. The Kier molecular flexibility index (Phi) is 5.14. The lowest BCUT2D eigenvalue weighted by Crippen LogP contribution is -2.44. The molecule has 1 aromatic carbocycles. The van der Waals surface area contributed by atoms with Crippen LogP contribution in [0.5, 0.6) is 11.5 Å². The maximum Gasteiger partial charge on any atom is 0.314 e. The van der Waals surface area contributed by atoms with Crippen LogP contribution in [-0.2, 0) is 0 Å². The summed E-state index contributed by atoms with van der Waals surface area (Å²) in [6.45, 7) is 3.94. The molecule has 116 valence electrons. The Hall–Kier alpha value is -2.11. The van der Waals surface area contributed by atoms with Crippen LogP contribution in [0.25, 0.3) is 0 Å². The predicted molar refractivity (Wildman–Crippen MR) is 82.0 cm³/mol. The van der Waals surface area contributed by atoms with Crippen molar-refractivity contribution in [2.24, 2.45) is 5.73 Å². The first-order valence-electron chi connectivity index (χ1n) is 7.25. The zero-order valence-corrected chi connectivity index (χ0v) is 12.6. The molecule has 0 aromatic heterocycles. The van der Waals surface area contributed by atoms with E-state index < -0.39 is 0 Å². The average Bonchev–Trinajstić information content (AvgIpc) is 2.49. The third-order valence-corrected chi connectivity index (χ3v) is 3.64. The molecule has 3 N–H and O–H groups in total. The maximum atomic E-state index is 11.1. The highest BCUT2D eigenvalue weighted by atomic mass is 16.5. The van der Waals surface area contributed by atoms with Gasteiger partial charge in [-0.3, -0.25) is 0 Å². The van der Waals surface area contributed by atoms with E-state index in [1.807, 2.05) is 25.1 Å². The molecule has 0 saturated carbocycles. The fourth-order valence-corrected chi connectivity index (χ4v) is 2.51. The molecule has 21 heavy (non-hydrogen) atoms. The highest BCUT2D eigenvalue weighted by Crippen LogP contribution is 2.31. The van der Waals surface area contributed by atoms with E-state index >= 15 is 0 Å². The van der Waals surface area contributed by atoms with Gasteiger partial charge in [-0.25, -0.2) is 4.79 Å². The lowest BCUT2D eigenvalue weighted by molar-refractivity contribution is 0.193. The number of anilines is 1. The number of nitrogens with zero attached hydrogens (tertiary/aromatic N) is 1. The molecule has 1 aromatic rings. The molecule has 2 rings (SSSR count). The van der Waals surface area contributed by atoms with E-state index in [2.05, 4.69) is 5.32 Å². The summed E-state index contributed by atoms with van der Waals surface area (Å²) < 4.78 is 10.8. The van der Waals surface area contributed by atoms with Gasteiger partial charge in [0, 0.05) is 30.9 Å². The summed E-state index contributed by atoms with van der Waals surface area (Å²) in [6.07, 6.45) is 1.77. The summed E-state index contributed by atoms with van der Waals surface area (Å²) in [5.74, 6) is 1.46. The molecule has 1 fully saturated rings. The fraction of sp³-hybridized carbons (Fsp3) is 0.533. The number of amides is 2. The predicted octanol–water partition coefficient (Wildman–Crippen LogP) is 2.05. The topological polar surface area (TPSA) is 76.8 Å². The van der Waals surface area contributed by atoms with Gasteiger partial charge in [0.25, 0.3) is 0 Å². The number of rotatable bonds is 5. The highest BCUT2D eigenvalue weighted by Gasteiger charge is 2.21. The standard InChI is InChI=1S/C15H23N3O3/c1-3-21-13-5-4-12(10-14(13)20-2)17-11-6-8-18(9-7-11)15(16)19/h4-5,10-11,17H,3,6-9H2,1-2H3,(H2,16,19). The van der Waals surface area contributed by atoms with E-state index in [0.717, 1.165) is 30.0 Å². The Labute approximate surface area is 125 Å². The third kappa shape index (κ3) is 3.93. The lowest BCUT2D eigenvalue weighted by Gasteiger charge is -2.31. The van der Waals surface area contributed by atoms with E-state index in [4.69, 9.17) is 15.2 Å². The molecule has 0 atom stereocenters. The van der Waals surface area contributed by atoms with E-state index in [1.165, 1.54) is 0 Å². The zero-order valence-electron chi connectivity index (χ0n) is 12.6. The quantitative estimate of drug-likeness (QED) is 0.871. The van der Waals surface area contributed by atoms with Crippen LogP contribution in [0.3, 0.4) is 0 Å². The highest BCUT2D eigenvalue weighted by molar-refractivity contribution is 5.72. The molecule has 0 radical (unpaired) electrons. The molecule has 6 nitrogen and oxygen atoms in total. The van der Waals surface area contributed by atoms with Gasteiger partial charge in [-0.2, -0.15) is 0 Å². The van der Waals surface area contributed by atoms with E-state index in [1.54, 1.807) is 12.0 Å². The number of likely N-dealkylation sites (tertiary alicyclic amines) is 1. The van der Waals surface area contributed by atoms with Crippen molar-refractivity contribution in [2.45, 2.75) is 25.8 Å². The second-order valence-electron chi connectivity index (χ2n) is 5.04. The lowest BCUT2D eigenvalue weighted by atomic mass is 10.0. The molecule has 1 saturated heterocycles. The van der Waals surface area contributed by atoms with Gasteiger partial charge >= 0.3 is 6.03 Å². The Balaban J connectivity index is 1.96. The van der Waals surface area contributed by atoms with Gasteiger partial charge in [0.2, 0.25) is 0 Å². The van der Waals surface area contributed by atoms with Crippen molar-refractivity contribution in [1.29, 1.82) is 0 Å². The van der Waals surface area contributed by atoms with Crippen LogP contribution in [-0.4, -0.2) is 43.8 Å². The molecule has 1 heterocycles. The molecule has 1 aliphatic rings. The van der Waals surface area contributed by atoms with Crippen molar-refractivity contribution < 1.29 is 14.3 Å². The minimum Gasteiger partial charge on any atom is -0.493 e. The minimum atomic E-state index is -0.337. The van der Waals surface area contributed by atoms with Gasteiger partial charge in [0.1, 0.15) is 0 Å². The van der Waals surface area contributed by atoms with Crippen LogP contribution in [0.1, 0.15) is 19.8 Å². The number of hydrogen-bond acceptors (Lipinski definition) is 4. The van der Waals surface area contributed by atoms with Gasteiger partial charge < -0.3 is 25.4 Å². The Morgan fingerprint density at radius 1 is 1.38 bits per heavy atom. The van der Waals surface area contributed by atoms with Gasteiger partial charge in [-0.05, 0) is 31.9 Å². The van der Waals surface area contributed by atoms with Gasteiger partial charge in [-0.1, -0.05) is 0 Å². The van der Waals surface area contributed by atoms with Gasteiger partial charge in [0.05, 0.1) is 13.7 Å². The minimum absolute atomic E-state index is 0.336. The van der Waals surface area contributed by atoms with Crippen molar-refractivity contribution in [3.05, 3.63) is 18.2 Å². The van der Waals surface area contributed by atoms with Crippen molar-refractivity contribution in [2.75, 3.05) is 32.1 Å². The number of ether oxygens (including phenoxy) is 2. The van der Waals surface area contributed by atoms with E-state index in [-0.39, 0.29) is 6.03 Å². The molecular weight excluding hydrogens is 270 g/mol. The molecule has 1 aliphatic heterocycles. The van der Waals surface area contributed by atoms with E-state index in [9.17, 15) is 4.79 Å². The number of primary amides is 1. The maximum absolute atomic E-state index is 11.1. The summed E-state index contributed by atoms with van der Waals surface area (Å²) in [4.78, 5) is 12.8. The average molecular weight is 293 g/mol. The van der Waals surface area contributed by atoms with Crippen LogP contribution < -0.4 is 20.5 Å². The van der Waals surface area contributed by atoms with Crippen LogP contribution in [0.2, 0.25) is 0 Å². The number of nitrogens with one attached hydrogen (secondary N) is 1. The monoisotopic (exact) mass is 293 g/mol. The first-order chi connectivity index (χ1) is 10.1. The molecule has 0 aliphatic carbocycles. The van der Waals surface area contributed by atoms with Gasteiger partial charge in [-0.15, -0.1) is 0 Å². The summed E-state index contributed by atoms with van der Waals surface area (Å²) in [5, 5.41) is 3.47. The van der Waals surface area contributed by atoms with Crippen molar-refractivity contribution in [3.8, 4) is 11.5 Å². The largest absolute Gasteiger partial charge is 0.493 e. The third-order valence-electron chi connectivity index (χ3n) is 3.64. The summed E-state index contributed by atoms with van der Waals surface area (Å²) in [7, 11) is 1.63. The molecule has 2 amide bonds. The Morgan fingerprint density at radius 3 is 2.67 bits per heavy atom. The van der Waals surface area contributed by atoms with Crippen LogP contribution in [0.4, 0.5) is 10.5 Å². The molecule has 0 unspecified atom stereocenters. The number of benzene rings is 1. The number of urea groups is 1. The number of carbonyl (C=O) groups excluding carboxylic acids is 1. The van der Waals surface area contributed by atoms with Crippen molar-refractivity contribution >= 4 is 11.7 Å². The summed E-state index contributed by atoms with van der Waals surface area (Å²) in [6, 6.07) is 5.82. The number of carbonyl (C=O) groups is 1. The fourth-order valence-electron chi connectivity index (χ4n) is 2.51. The molecule has 0 bridgehead atoms. The second-order valence-corrected chi connectivity index (χ2v) is 5.04. The Bertz CT molecular complexity index is 485. The van der Waals surface area contributed by atoms with Crippen molar-refractivity contribution in [1.82, 2.24) is 4.90 Å². The van der Waals surface area contributed by atoms with Gasteiger partial charge in [0.15, 0.2) is 11.5 Å². The summed E-state index contributed by atoms with van der Waals surface area (Å²) >= 11 is 0. The van der Waals surface area contributed by atoms with Crippen LogP contribution >= 0.6 is 0 Å². The first kappa shape index (κ1) is 15.3. The number of piperidine rings is 1. The molecule has 0 spiro atoms. The normalized spacial score (nSPS) is 15.6. The second kappa shape index (κ2) is 7.06. The number of hydrogen-bond donors (Lipinski definition) is 2.